The molecule has 0 aliphatic heterocycles. The number of amides is 1. The molecule has 1 fully saturated rings. The fraction of sp³-hybridized carbons (Fsp3) is 0.611. The van der Waals surface area contributed by atoms with Crippen LogP contribution in [0.4, 0.5) is 0 Å². The van der Waals surface area contributed by atoms with Crippen molar-refractivity contribution in [3.8, 4) is 5.75 Å². The quantitative estimate of drug-likeness (QED) is 0.844. The van der Waals surface area contributed by atoms with Crippen molar-refractivity contribution in [1.29, 1.82) is 0 Å². The number of ether oxygens (including phenoxy) is 2. The summed E-state index contributed by atoms with van der Waals surface area (Å²) >= 11 is 0. The molecule has 3 N–H and O–H groups in total. The second kappa shape index (κ2) is 6.49. The van der Waals surface area contributed by atoms with Gasteiger partial charge in [-0.15, -0.1) is 0 Å². The lowest BCUT2D eigenvalue weighted by Crippen LogP contribution is -2.75. The third-order valence-electron chi connectivity index (χ3n) is 5.20. The van der Waals surface area contributed by atoms with Crippen molar-refractivity contribution >= 4 is 5.91 Å². The normalized spacial score (nSPS) is 27.0. The number of nitrogens with one attached hydrogen (secondary N) is 1. The van der Waals surface area contributed by atoms with Crippen LogP contribution in [0, 0.1) is 5.41 Å². The van der Waals surface area contributed by atoms with Gasteiger partial charge in [0.25, 0.3) is 0 Å². The number of carbonyl (C=O) groups excluding carboxylic acids is 1. The van der Waals surface area contributed by atoms with Gasteiger partial charge >= 0.3 is 0 Å². The molecule has 2 rings (SSSR count). The number of methoxy groups -OCH3 is 1. The molecule has 1 aromatic carbocycles. The van der Waals surface area contributed by atoms with Crippen LogP contribution in [0.2, 0.25) is 0 Å². The summed E-state index contributed by atoms with van der Waals surface area (Å²) in [4.78, 5) is 12.7. The number of hydrogen-bond acceptors (Lipinski definition) is 4. The highest BCUT2D eigenvalue weighted by atomic mass is 16.5. The van der Waals surface area contributed by atoms with Crippen LogP contribution in [0.25, 0.3) is 0 Å². The molecule has 1 aliphatic rings. The fourth-order valence-electron chi connectivity index (χ4n) is 3.12. The fourth-order valence-corrected chi connectivity index (χ4v) is 3.12. The van der Waals surface area contributed by atoms with E-state index in [9.17, 15) is 4.79 Å². The van der Waals surface area contributed by atoms with Crippen LogP contribution in [0.3, 0.4) is 0 Å². The second-order valence-electron chi connectivity index (χ2n) is 6.81. The van der Waals surface area contributed by atoms with E-state index in [1.165, 1.54) is 0 Å². The zero-order valence-corrected chi connectivity index (χ0v) is 14.7. The van der Waals surface area contributed by atoms with E-state index in [2.05, 4.69) is 5.32 Å². The van der Waals surface area contributed by atoms with Gasteiger partial charge in [0, 0.05) is 18.4 Å². The molecule has 23 heavy (non-hydrogen) atoms. The summed E-state index contributed by atoms with van der Waals surface area (Å²) in [6.07, 6.45) is 0.578. The lowest BCUT2D eigenvalue weighted by Gasteiger charge is -2.57. The summed E-state index contributed by atoms with van der Waals surface area (Å²) in [6.45, 7) is 8.53. The maximum Gasteiger partial charge on any atom is 0.241 e. The van der Waals surface area contributed by atoms with Gasteiger partial charge in [0.1, 0.15) is 11.3 Å². The lowest BCUT2D eigenvalue weighted by molar-refractivity contribution is -0.171. The number of hydrogen-bond donors (Lipinski definition) is 2. The zero-order valence-electron chi connectivity index (χ0n) is 14.7. The molecule has 1 amide bonds. The van der Waals surface area contributed by atoms with Crippen LogP contribution >= 0.6 is 0 Å². The summed E-state index contributed by atoms with van der Waals surface area (Å²) < 4.78 is 10.8. The summed E-state index contributed by atoms with van der Waals surface area (Å²) in [5.74, 6) is 0.670. The summed E-state index contributed by atoms with van der Waals surface area (Å²) in [5.41, 5.74) is 6.14. The number of benzene rings is 1. The second-order valence-corrected chi connectivity index (χ2v) is 6.81. The molecule has 0 saturated heterocycles. The molecule has 3 unspecified atom stereocenters. The summed E-state index contributed by atoms with van der Waals surface area (Å²) in [7, 11) is 1.63. The van der Waals surface area contributed by atoms with E-state index in [4.69, 9.17) is 15.2 Å². The van der Waals surface area contributed by atoms with E-state index in [0.29, 0.717) is 13.0 Å². The predicted octanol–water partition coefficient (Wildman–Crippen LogP) is 2.40. The Balaban J connectivity index is 2.03. The number of carbonyl (C=O) groups is 1. The molecule has 5 nitrogen and oxygen atoms in total. The predicted molar refractivity (Wildman–Crippen MR) is 90.3 cm³/mol. The molecule has 1 saturated carbocycles. The molecular formula is C18H28N2O3. The molecule has 1 aromatic rings. The van der Waals surface area contributed by atoms with Gasteiger partial charge in [-0.05, 0) is 31.5 Å². The summed E-state index contributed by atoms with van der Waals surface area (Å²) in [6, 6.07) is 7.54. The molecule has 0 heterocycles. The van der Waals surface area contributed by atoms with E-state index in [1.807, 2.05) is 52.0 Å². The van der Waals surface area contributed by atoms with Crippen LogP contribution in [0.15, 0.2) is 24.3 Å². The van der Waals surface area contributed by atoms with E-state index in [-0.39, 0.29) is 23.5 Å². The van der Waals surface area contributed by atoms with Gasteiger partial charge in [-0.25, -0.2) is 0 Å². The Hall–Kier alpha value is -1.59. The van der Waals surface area contributed by atoms with E-state index in [0.717, 1.165) is 11.3 Å². The van der Waals surface area contributed by atoms with Crippen molar-refractivity contribution in [3.05, 3.63) is 29.8 Å². The van der Waals surface area contributed by atoms with Gasteiger partial charge < -0.3 is 20.5 Å². The first-order valence-electron chi connectivity index (χ1n) is 8.11. The molecule has 3 atom stereocenters. The van der Waals surface area contributed by atoms with Crippen molar-refractivity contribution in [2.75, 3.05) is 13.7 Å². The smallest absolute Gasteiger partial charge is 0.241 e. The highest BCUT2D eigenvalue weighted by molar-refractivity contribution is 5.89. The Labute approximate surface area is 138 Å². The Kier molecular flexibility index (Phi) is 5.01. The van der Waals surface area contributed by atoms with Crippen LogP contribution < -0.4 is 15.8 Å². The Morgan fingerprint density at radius 2 is 2.00 bits per heavy atom. The third-order valence-corrected chi connectivity index (χ3v) is 5.20. The number of rotatable bonds is 6. The van der Waals surface area contributed by atoms with Gasteiger partial charge in [-0.1, -0.05) is 26.0 Å². The molecule has 0 radical (unpaired) electrons. The molecular weight excluding hydrogens is 292 g/mol. The maximum absolute atomic E-state index is 12.7. The van der Waals surface area contributed by atoms with E-state index < -0.39 is 5.54 Å². The van der Waals surface area contributed by atoms with Crippen LogP contribution in [0.1, 0.15) is 45.7 Å². The standard InChI is InChI=1S/C18H28N2O3/c1-6-23-15-11-18(19,17(15,3)4)16(21)20-12(2)13-7-9-14(22-5)10-8-13/h7-10,12,15H,6,11,19H2,1-5H3,(H,20,21). The largest absolute Gasteiger partial charge is 0.497 e. The van der Waals surface area contributed by atoms with Crippen molar-refractivity contribution in [2.45, 2.75) is 51.8 Å². The minimum absolute atomic E-state index is 0.0274. The molecule has 0 spiro atoms. The summed E-state index contributed by atoms with van der Waals surface area (Å²) in [5, 5.41) is 3.03. The zero-order chi connectivity index (χ0) is 17.3. The van der Waals surface area contributed by atoms with Gasteiger partial charge in [-0.2, -0.15) is 0 Å². The molecule has 5 heteroatoms. The van der Waals surface area contributed by atoms with Crippen LogP contribution in [-0.4, -0.2) is 31.3 Å². The average Bonchev–Trinajstić information content (AvgIpc) is 2.54. The maximum atomic E-state index is 12.7. The Morgan fingerprint density at radius 1 is 1.39 bits per heavy atom. The molecule has 1 aliphatic carbocycles. The average molecular weight is 320 g/mol. The van der Waals surface area contributed by atoms with Crippen molar-refractivity contribution in [1.82, 2.24) is 5.32 Å². The van der Waals surface area contributed by atoms with Crippen LogP contribution in [-0.2, 0) is 9.53 Å². The highest BCUT2D eigenvalue weighted by Gasteiger charge is 2.62. The SMILES string of the molecule is CCOC1CC(N)(C(=O)NC(C)c2ccc(OC)cc2)C1(C)C. The first-order chi connectivity index (χ1) is 10.8. The van der Waals surface area contributed by atoms with Crippen molar-refractivity contribution < 1.29 is 14.3 Å². The minimum Gasteiger partial charge on any atom is -0.497 e. The van der Waals surface area contributed by atoms with Crippen LogP contribution in [0.5, 0.6) is 5.75 Å². The van der Waals surface area contributed by atoms with Gasteiger partial charge in [0.15, 0.2) is 0 Å². The van der Waals surface area contributed by atoms with Gasteiger partial charge in [0.05, 0.1) is 19.3 Å². The molecule has 0 aromatic heterocycles. The minimum atomic E-state index is -0.895. The van der Waals surface area contributed by atoms with Crippen molar-refractivity contribution in [3.63, 3.8) is 0 Å². The van der Waals surface area contributed by atoms with E-state index >= 15 is 0 Å². The van der Waals surface area contributed by atoms with E-state index in [1.54, 1.807) is 7.11 Å². The molecule has 128 valence electrons. The van der Waals surface area contributed by atoms with Crippen molar-refractivity contribution in [2.24, 2.45) is 11.1 Å². The number of nitrogens with two attached hydrogens (primary N) is 1. The topological polar surface area (TPSA) is 73.6 Å². The first-order valence-corrected chi connectivity index (χ1v) is 8.11. The monoisotopic (exact) mass is 320 g/mol. The Morgan fingerprint density at radius 3 is 2.48 bits per heavy atom. The first kappa shape index (κ1) is 17.8. The lowest BCUT2D eigenvalue weighted by atomic mass is 9.54. The highest BCUT2D eigenvalue weighted by Crippen LogP contribution is 2.50. The van der Waals surface area contributed by atoms with Gasteiger partial charge in [0.2, 0.25) is 5.91 Å². The Bertz CT molecular complexity index is 556. The molecule has 0 bridgehead atoms. The van der Waals surface area contributed by atoms with Gasteiger partial charge in [-0.3, -0.25) is 4.79 Å². The third kappa shape index (κ3) is 3.08.